The SMILES string of the molecule is COC(=O)[C@H](CC(C)(C)C[C@@H](N)CS)N(N)C(=O)c1ccccc1-c1ccccc1.Cl. The highest BCUT2D eigenvalue weighted by Gasteiger charge is 2.36. The number of hydrazine groups is 1. The lowest BCUT2D eigenvalue weighted by Crippen LogP contribution is -2.52. The summed E-state index contributed by atoms with van der Waals surface area (Å²) in [5, 5.41) is 0.988. The van der Waals surface area contributed by atoms with E-state index in [-0.39, 0.29) is 23.9 Å². The Hall–Kier alpha value is -2.06. The Morgan fingerprint density at radius 2 is 1.65 bits per heavy atom. The van der Waals surface area contributed by atoms with E-state index < -0.39 is 17.9 Å². The second-order valence-electron chi connectivity index (χ2n) is 8.18. The first-order valence-corrected chi connectivity index (χ1v) is 10.5. The van der Waals surface area contributed by atoms with E-state index in [1.54, 1.807) is 12.1 Å². The number of ether oxygens (including phenoxy) is 1. The highest BCUT2D eigenvalue weighted by molar-refractivity contribution is 7.80. The molecule has 0 spiro atoms. The van der Waals surface area contributed by atoms with E-state index in [9.17, 15) is 9.59 Å². The third-order valence-electron chi connectivity index (χ3n) is 5.08. The largest absolute Gasteiger partial charge is 0.467 e. The molecule has 0 aromatic heterocycles. The van der Waals surface area contributed by atoms with Gasteiger partial charge in [0.1, 0.15) is 6.04 Å². The molecule has 0 fully saturated rings. The molecule has 0 aliphatic carbocycles. The Labute approximate surface area is 196 Å². The first-order valence-electron chi connectivity index (χ1n) is 9.87. The third kappa shape index (κ3) is 7.25. The summed E-state index contributed by atoms with van der Waals surface area (Å²) >= 11 is 4.24. The van der Waals surface area contributed by atoms with E-state index in [2.05, 4.69) is 12.6 Å². The number of carbonyl (C=O) groups is 2. The lowest BCUT2D eigenvalue weighted by atomic mass is 9.80. The van der Waals surface area contributed by atoms with Crippen LogP contribution < -0.4 is 11.6 Å². The number of rotatable bonds is 9. The molecule has 0 aliphatic heterocycles. The summed E-state index contributed by atoms with van der Waals surface area (Å²) in [6.07, 6.45) is 0.948. The molecule has 4 N–H and O–H groups in total. The minimum absolute atomic E-state index is 0. The standard InChI is InChI=1S/C23H31N3O3S.ClH/c1-23(2,13-17(24)15-30)14-20(22(28)29-3)26(25)21(27)19-12-8-7-11-18(19)16-9-5-4-6-10-16;/h4-12,17,20,30H,13-15,24-25H2,1-3H3;1H/t17-,20+;/m1./s1. The Bertz CT molecular complexity index is 864. The smallest absolute Gasteiger partial charge is 0.330 e. The second kappa shape index (κ2) is 12.1. The fourth-order valence-electron chi connectivity index (χ4n) is 3.63. The predicted molar refractivity (Wildman–Crippen MR) is 130 cm³/mol. The maximum atomic E-state index is 13.3. The summed E-state index contributed by atoms with van der Waals surface area (Å²) in [5.74, 6) is 5.75. The number of hydrogen-bond donors (Lipinski definition) is 3. The molecule has 0 unspecified atom stereocenters. The minimum atomic E-state index is -0.937. The van der Waals surface area contributed by atoms with Gasteiger partial charge in [-0.25, -0.2) is 10.6 Å². The summed E-state index contributed by atoms with van der Waals surface area (Å²) in [6, 6.07) is 15.7. The van der Waals surface area contributed by atoms with Crippen LogP contribution in [0.15, 0.2) is 54.6 Å². The Morgan fingerprint density at radius 1 is 1.06 bits per heavy atom. The number of nitrogens with two attached hydrogens (primary N) is 2. The molecule has 0 heterocycles. The number of hydrogen-bond acceptors (Lipinski definition) is 6. The van der Waals surface area contributed by atoms with Gasteiger partial charge in [0.15, 0.2) is 0 Å². The van der Waals surface area contributed by atoms with Gasteiger partial charge in [-0.3, -0.25) is 9.80 Å². The number of halogens is 1. The lowest BCUT2D eigenvalue weighted by molar-refractivity contribution is -0.147. The number of benzene rings is 2. The van der Waals surface area contributed by atoms with E-state index in [1.807, 2.05) is 56.3 Å². The van der Waals surface area contributed by atoms with E-state index in [4.69, 9.17) is 16.3 Å². The molecule has 0 aliphatic rings. The van der Waals surface area contributed by atoms with Crippen molar-refractivity contribution in [1.82, 2.24) is 5.01 Å². The van der Waals surface area contributed by atoms with Crippen molar-refractivity contribution in [2.45, 2.75) is 38.8 Å². The van der Waals surface area contributed by atoms with Crippen molar-refractivity contribution in [2.24, 2.45) is 17.0 Å². The Morgan fingerprint density at radius 3 is 2.23 bits per heavy atom. The maximum absolute atomic E-state index is 13.3. The topological polar surface area (TPSA) is 98.7 Å². The molecule has 2 rings (SSSR count). The zero-order chi connectivity index (χ0) is 22.3. The van der Waals surface area contributed by atoms with Crippen LogP contribution in [0.2, 0.25) is 0 Å². The van der Waals surface area contributed by atoms with Crippen molar-refractivity contribution < 1.29 is 14.3 Å². The van der Waals surface area contributed by atoms with Gasteiger partial charge in [-0.15, -0.1) is 12.4 Å². The van der Waals surface area contributed by atoms with Crippen molar-refractivity contribution >= 4 is 36.9 Å². The molecular formula is C23H32ClN3O3S. The number of carbonyl (C=O) groups excluding carboxylic acids is 2. The second-order valence-corrected chi connectivity index (χ2v) is 8.54. The molecule has 6 nitrogen and oxygen atoms in total. The zero-order valence-corrected chi connectivity index (χ0v) is 19.9. The van der Waals surface area contributed by atoms with Gasteiger partial charge in [0, 0.05) is 17.4 Å². The molecule has 0 bridgehead atoms. The monoisotopic (exact) mass is 465 g/mol. The van der Waals surface area contributed by atoms with Crippen molar-refractivity contribution in [3.05, 3.63) is 60.2 Å². The van der Waals surface area contributed by atoms with Crippen LogP contribution in [0.5, 0.6) is 0 Å². The van der Waals surface area contributed by atoms with Gasteiger partial charge in [0.2, 0.25) is 0 Å². The maximum Gasteiger partial charge on any atom is 0.330 e. The average Bonchev–Trinajstić information content (AvgIpc) is 2.76. The molecule has 2 aromatic carbocycles. The molecule has 0 saturated carbocycles. The predicted octanol–water partition coefficient (Wildman–Crippen LogP) is 3.70. The molecule has 2 aromatic rings. The fourth-order valence-corrected chi connectivity index (χ4v) is 3.76. The van der Waals surface area contributed by atoms with E-state index in [0.717, 1.165) is 16.1 Å². The summed E-state index contributed by atoms with van der Waals surface area (Å²) < 4.78 is 4.95. The van der Waals surface area contributed by atoms with E-state index >= 15 is 0 Å². The number of methoxy groups -OCH3 is 1. The van der Waals surface area contributed by atoms with Gasteiger partial charge in [-0.05, 0) is 35.4 Å². The van der Waals surface area contributed by atoms with Crippen LogP contribution in [0.25, 0.3) is 11.1 Å². The van der Waals surface area contributed by atoms with Crippen LogP contribution in [-0.4, -0.2) is 41.8 Å². The van der Waals surface area contributed by atoms with Crippen LogP contribution in [0.1, 0.15) is 37.0 Å². The van der Waals surface area contributed by atoms with Gasteiger partial charge in [-0.2, -0.15) is 12.6 Å². The Balaban J connectivity index is 0.00000480. The van der Waals surface area contributed by atoms with Crippen LogP contribution in [0, 0.1) is 5.41 Å². The lowest BCUT2D eigenvalue weighted by Gasteiger charge is -2.34. The highest BCUT2D eigenvalue weighted by atomic mass is 35.5. The van der Waals surface area contributed by atoms with Crippen LogP contribution >= 0.6 is 25.0 Å². The molecule has 8 heteroatoms. The van der Waals surface area contributed by atoms with E-state index in [0.29, 0.717) is 24.2 Å². The van der Waals surface area contributed by atoms with Crippen LogP contribution in [0.3, 0.4) is 0 Å². The Kier molecular flexibility index (Phi) is 10.5. The minimum Gasteiger partial charge on any atom is -0.467 e. The number of esters is 1. The number of nitrogens with zero attached hydrogens (tertiary/aromatic N) is 1. The van der Waals surface area contributed by atoms with Gasteiger partial charge in [-0.1, -0.05) is 62.4 Å². The van der Waals surface area contributed by atoms with Crippen molar-refractivity contribution in [3.63, 3.8) is 0 Å². The van der Waals surface area contributed by atoms with Crippen molar-refractivity contribution in [1.29, 1.82) is 0 Å². The average molecular weight is 466 g/mol. The van der Waals surface area contributed by atoms with Crippen LogP contribution in [-0.2, 0) is 9.53 Å². The zero-order valence-electron chi connectivity index (χ0n) is 18.2. The molecule has 0 radical (unpaired) electrons. The molecular weight excluding hydrogens is 434 g/mol. The molecule has 31 heavy (non-hydrogen) atoms. The first kappa shape index (κ1) is 27.0. The van der Waals surface area contributed by atoms with Gasteiger partial charge in [0.05, 0.1) is 7.11 Å². The van der Waals surface area contributed by atoms with E-state index in [1.165, 1.54) is 7.11 Å². The van der Waals surface area contributed by atoms with Crippen LogP contribution in [0.4, 0.5) is 0 Å². The summed E-state index contributed by atoms with van der Waals surface area (Å²) in [5.41, 5.74) is 7.76. The van der Waals surface area contributed by atoms with Gasteiger partial charge >= 0.3 is 5.97 Å². The fraction of sp³-hybridized carbons (Fsp3) is 0.391. The molecule has 2 atom stereocenters. The molecule has 0 saturated heterocycles. The molecule has 1 amide bonds. The number of thiol groups is 1. The quantitative estimate of drug-likeness (QED) is 0.172. The van der Waals surface area contributed by atoms with Gasteiger partial charge < -0.3 is 10.5 Å². The van der Waals surface area contributed by atoms with Crippen molar-refractivity contribution in [2.75, 3.05) is 12.9 Å². The summed E-state index contributed by atoms with van der Waals surface area (Å²) in [6.45, 7) is 3.98. The third-order valence-corrected chi connectivity index (χ3v) is 5.55. The first-order chi connectivity index (χ1) is 14.2. The summed E-state index contributed by atoms with van der Waals surface area (Å²) in [7, 11) is 1.29. The molecule has 170 valence electrons. The number of amides is 1. The normalized spacial score (nSPS) is 13.0. The highest BCUT2D eigenvalue weighted by Crippen LogP contribution is 2.31. The van der Waals surface area contributed by atoms with Crippen molar-refractivity contribution in [3.8, 4) is 11.1 Å². The summed E-state index contributed by atoms with van der Waals surface area (Å²) in [4.78, 5) is 25.9. The van der Waals surface area contributed by atoms with Gasteiger partial charge in [0.25, 0.3) is 5.91 Å².